The fraction of sp³-hybridized carbons (Fsp3) is 0.714. The van der Waals surface area contributed by atoms with E-state index < -0.39 is 33.9 Å². The molecule has 35 heavy (non-hydrogen) atoms. The van der Waals surface area contributed by atoms with Crippen LogP contribution in [0.1, 0.15) is 72.1 Å². The van der Waals surface area contributed by atoms with Crippen LogP contribution in [0.25, 0.3) is 0 Å². The summed E-state index contributed by atoms with van der Waals surface area (Å²) in [5, 5.41) is 12.3. The minimum absolute atomic E-state index is 0.0236. The summed E-state index contributed by atoms with van der Waals surface area (Å²) in [5.74, 6) is -1.86. The molecular formula is C28H33ClO6. The van der Waals surface area contributed by atoms with Gasteiger partial charge in [0.15, 0.2) is 11.6 Å². The fourth-order valence-corrected chi connectivity index (χ4v) is 9.66. The zero-order valence-corrected chi connectivity index (χ0v) is 21.3. The van der Waals surface area contributed by atoms with Crippen LogP contribution >= 0.6 is 11.6 Å². The molecule has 9 atom stereocenters. The molecule has 0 aromatic rings. The number of rotatable bonds is 1. The maximum absolute atomic E-state index is 13.6. The van der Waals surface area contributed by atoms with Gasteiger partial charge in [-0.15, -0.1) is 0 Å². The molecule has 5 aliphatic carbocycles. The molecule has 188 valence electrons. The molecule has 6 aliphatic rings. The number of hydrogen-bond acceptors (Lipinski definition) is 6. The Bertz CT molecular complexity index is 1140. The van der Waals surface area contributed by atoms with Crippen LogP contribution in [0.15, 0.2) is 22.8 Å². The first kappa shape index (κ1) is 23.6. The number of aliphatic hydroxyl groups is 1. The molecule has 1 saturated heterocycles. The lowest BCUT2D eigenvalue weighted by Gasteiger charge is -2.62. The highest BCUT2D eigenvalue weighted by atomic mass is 35.5. The summed E-state index contributed by atoms with van der Waals surface area (Å²) >= 11 is 6.94. The van der Waals surface area contributed by atoms with Gasteiger partial charge >= 0.3 is 5.97 Å². The van der Waals surface area contributed by atoms with E-state index in [4.69, 9.17) is 16.3 Å². The molecule has 0 bridgehead atoms. The molecule has 1 aliphatic heterocycles. The van der Waals surface area contributed by atoms with E-state index in [1.807, 2.05) is 6.92 Å². The summed E-state index contributed by atoms with van der Waals surface area (Å²) in [6, 6.07) is 0. The molecule has 0 aromatic heterocycles. The Morgan fingerprint density at radius 3 is 2.57 bits per heavy atom. The number of hydrogen-bond donors (Lipinski definition) is 1. The number of allylic oxidation sites excluding steroid dienone is 3. The molecule has 0 radical (unpaired) electrons. The van der Waals surface area contributed by atoms with Crippen LogP contribution in [0.2, 0.25) is 0 Å². The summed E-state index contributed by atoms with van der Waals surface area (Å²) in [6.45, 7) is 5.42. The van der Waals surface area contributed by atoms with Crippen molar-refractivity contribution in [3.05, 3.63) is 22.8 Å². The molecule has 6 rings (SSSR count). The predicted octanol–water partition coefficient (Wildman–Crippen LogP) is 4.07. The van der Waals surface area contributed by atoms with Crippen molar-refractivity contribution in [2.24, 2.45) is 40.4 Å². The van der Waals surface area contributed by atoms with Gasteiger partial charge in [0.1, 0.15) is 17.0 Å². The van der Waals surface area contributed by atoms with Crippen LogP contribution in [0, 0.1) is 40.4 Å². The van der Waals surface area contributed by atoms with Crippen LogP contribution < -0.4 is 0 Å². The van der Waals surface area contributed by atoms with Crippen LogP contribution in [0.4, 0.5) is 0 Å². The average molecular weight is 501 g/mol. The van der Waals surface area contributed by atoms with Gasteiger partial charge in [0, 0.05) is 52.4 Å². The lowest BCUT2D eigenvalue weighted by molar-refractivity contribution is -0.213. The van der Waals surface area contributed by atoms with Crippen molar-refractivity contribution in [3.8, 4) is 0 Å². The highest BCUT2D eigenvalue weighted by Gasteiger charge is 2.77. The highest BCUT2D eigenvalue weighted by Crippen LogP contribution is 2.75. The Balaban J connectivity index is 1.63. The molecule has 1 heterocycles. The molecule has 3 saturated carbocycles. The number of ketones is 3. The number of ether oxygens (including phenoxy) is 1. The normalized spacial score (nSPS) is 50.5. The predicted molar refractivity (Wildman–Crippen MR) is 127 cm³/mol. The van der Waals surface area contributed by atoms with Gasteiger partial charge in [0.05, 0.1) is 0 Å². The molecule has 1 N–H and O–H groups in total. The zero-order chi connectivity index (χ0) is 25.1. The van der Waals surface area contributed by atoms with E-state index in [0.29, 0.717) is 37.1 Å². The summed E-state index contributed by atoms with van der Waals surface area (Å²) < 4.78 is 6.48. The molecular weight excluding hydrogens is 468 g/mol. The molecule has 1 spiro atoms. The second-order valence-electron chi connectivity index (χ2n) is 12.4. The third kappa shape index (κ3) is 2.76. The van der Waals surface area contributed by atoms with E-state index in [2.05, 4.69) is 6.92 Å². The topological polar surface area (TPSA) is 97.7 Å². The zero-order valence-electron chi connectivity index (χ0n) is 20.6. The molecule has 0 aromatic carbocycles. The summed E-state index contributed by atoms with van der Waals surface area (Å²) in [7, 11) is 0. The molecule has 0 amide bonds. The fourth-order valence-electron chi connectivity index (χ4n) is 9.23. The number of halogens is 1. The van der Waals surface area contributed by atoms with E-state index in [0.717, 1.165) is 12.0 Å². The van der Waals surface area contributed by atoms with E-state index >= 15 is 0 Å². The Labute approximate surface area is 210 Å². The highest BCUT2D eigenvalue weighted by molar-refractivity contribution is 6.33. The first-order chi connectivity index (χ1) is 16.4. The number of esters is 1. The maximum Gasteiger partial charge on any atom is 0.306 e. The summed E-state index contributed by atoms with van der Waals surface area (Å²) in [6.07, 6.45) is 7.07. The van der Waals surface area contributed by atoms with Gasteiger partial charge in [-0.25, -0.2) is 0 Å². The molecule has 7 heteroatoms. The second kappa shape index (κ2) is 7.16. The third-order valence-corrected chi connectivity index (χ3v) is 11.3. The Morgan fingerprint density at radius 2 is 1.86 bits per heavy atom. The molecule has 2 unspecified atom stereocenters. The first-order valence-electron chi connectivity index (χ1n) is 13.0. The SMILES string of the molecule is CC(=O)[C@@]1(O)C[C@H]2C(=O)CCCCC(=O)OC34C=C(Cl)C5=CC(=O)[C@@H]6C[C@@H]6[C@]5(C)[C@H]3CC[C@@]1(C)C24. The van der Waals surface area contributed by atoms with Crippen LogP contribution in [-0.2, 0) is 23.9 Å². The average Bonchev–Trinajstić information content (AvgIpc) is 3.55. The number of carbonyl (C=O) groups excluding carboxylic acids is 4. The van der Waals surface area contributed by atoms with E-state index in [9.17, 15) is 24.3 Å². The number of fused-ring (bicyclic) bond motifs is 4. The number of Topliss-reactive ketones (excluding diaryl/α,β-unsaturated/α-hetero) is 2. The van der Waals surface area contributed by atoms with Crippen molar-refractivity contribution in [1.82, 2.24) is 0 Å². The van der Waals surface area contributed by atoms with Crippen molar-refractivity contribution >= 4 is 34.9 Å². The Hall–Kier alpha value is -1.79. The van der Waals surface area contributed by atoms with Gasteiger partial charge in [-0.3, -0.25) is 19.2 Å². The maximum atomic E-state index is 13.6. The summed E-state index contributed by atoms with van der Waals surface area (Å²) in [4.78, 5) is 52.5. The second-order valence-corrected chi connectivity index (χ2v) is 12.8. The monoisotopic (exact) mass is 500 g/mol. The van der Waals surface area contributed by atoms with Crippen LogP contribution in [0.5, 0.6) is 0 Å². The van der Waals surface area contributed by atoms with Gasteiger partial charge in [0.2, 0.25) is 0 Å². The van der Waals surface area contributed by atoms with Crippen molar-refractivity contribution in [2.45, 2.75) is 83.3 Å². The lowest BCUT2D eigenvalue weighted by Crippen LogP contribution is -2.66. The molecule has 4 fully saturated rings. The first-order valence-corrected chi connectivity index (χ1v) is 13.4. The Morgan fingerprint density at radius 1 is 1.14 bits per heavy atom. The minimum atomic E-state index is -1.68. The summed E-state index contributed by atoms with van der Waals surface area (Å²) in [5.41, 5.74) is -3.54. The van der Waals surface area contributed by atoms with E-state index in [1.165, 1.54) is 6.92 Å². The van der Waals surface area contributed by atoms with Crippen molar-refractivity contribution in [3.63, 3.8) is 0 Å². The third-order valence-electron chi connectivity index (χ3n) is 11.0. The van der Waals surface area contributed by atoms with Crippen molar-refractivity contribution in [2.75, 3.05) is 0 Å². The van der Waals surface area contributed by atoms with E-state index in [-0.39, 0.29) is 53.9 Å². The number of carbonyl (C=O) groups is 4. The largest absolute Gasteiger partial charge is 0.454 e. The Kier molecular flexibility index (Phi) is 4.83. The van der Waals surface area contributed by atoms with Crippen molar-refractivity contribution < 1.29 is 29.0 Å². The minimum Gasteiger partial charge on any atom is -0.454 e. The van der Waals surface area contributed by atoms with Gasteiger partial charge in [-0.2, -0.15) is 0 Å². The van der Waals surface area contributed by atoms with Gasteiger partial charge < -0.3 is 9.84 Å². The van der Waals surface area contributed by atoms with Gasteiger partial charge in [-0.1, -0.05) is 25.4 Å². The standard InChI is InChI=1S/C28H33ClO6/c1-14(30)28(34)12-16-20(31)6-4-5-7-23(33)35-27-13-19(29)18-11-21(32)15-10-17(15)26(18,3)22(27)8-9-25(28,2)24(16)27/h11,13,15-17,22,24,34H,4-10,12H2,1-3H3/t15-,16+,17+,22-,24?,25+,26+,27?,28+/m1/s1. The van der Waals surface area contributed by atoms with Gasteiger partial charge in [-0.05, 0) is 69.1 Å². The van der Waals surface area contributed by atoms with Crippen LogP contribution in [0.3, 0.4) is 0 Å². The van der Waals surface area contributed by atoms with Crippen LogP contribution in [-0.4, -0.2) is 39.6 Å². The van der Waals surface area contributed by atoms with E-state index in [1.54, 1.807) is 12.2 Å². The van der Waals surface area contributed by atoms with Gasteiger partial charge in [0.25, 0.3) is 0 Å². The smallest absolute Gasteiger partial charge is 0.306 e. The van der Waals surface area contributed by atoms with Crippen molar-refractivity contribution in [1.29, 1.82) is 0 Å². The quantitative estimate of drug-likeness (QED) is 0.545. The lowest BCUT2D eigenvalue weighted by atomic mass is 9.44. The molecule has 6 nitrogen and oxygen atoms in total.